The number of hydrogen-bond acceptors (Lipinski definition) is 3. The molecule has 0 spiro atoms. The SMILES string of the molecule is CC(C)C[C@H](NC(=O)c1ccc2ccccc2c1)C(=O)N[N+]1(CC2=CC(=S)CC=C2)CCCC1. The van der Waals surface area contributed by atoms with E-state index in [1.807, 2.05) is 42.5 Å². The lowest BCUT2D eigenvalue weighted by Crippen LogP contribution is -2.63. The Bertz CT molecular complexity index is 1150. The topological polar surface area (TPSA) is 58.2 Å². The number of amides is 2. The van der Waals surface area contributed by atoms with Gasteiger partial charge in [0.2, 0.25) is 0 Å². The van der Waals surface area contributed by atoms with Crippen molar-refractivity contribution >= 4 is 39.7 Å². The second-order valence-electron chi connectivity index (χ2n) is 9.94. The summed E-state index contributed by atoms with van der Waals surface area (Å²) in [7, 11) is 0. The average molecular weight is 477 g/mol. The fourth-order valence-corrected chi connectivity index (χ4v) is 5.17. The Hall–Kier alpha value is -2.83. The van der Waals surface area contributed by atoms with E-state index in [9.17, 15) is 9.59 Å². The fraction of sp³-hybridized carbons (Fsp3) is 0.393. The molecular weight excluding hydrogens is 442 g/mol. The lowest BCUT2D eigenvalue weighted by atomic mass is 10.0. The predicted molar refractivity (Wildman–Crippen MR) is 141 cm³/mol. The molecule has 2 N–H and O–H groups in total. The fourth-order valence-electron chi connectivity index (χ4n) is 4.93. The molecule has 1 saturated heterocycles. The number of nitrogens with one attached hydrogen (secondary N) is 2. The number of thiocarbonyl (C=S) groups is 1. The van der Waals surface area contributed by atoms with Gasteiger partial charge >= 0.3 is 0 Å². The monoisotopic (exact) mass is 476 g/mol. The molecule has 1 atom stereocenters. The number of carbonyl (C=O) groups is 2. The number of nitrogens with zero attached hydrogens (tertiary/aromatic N) is 1. The molecule has 5 nitrogen and oxygen atoms in total. The van der Waals surface area contributed by atoms with Crippen LogP contribution in [0.15, 0.2) is 66.3 Å². The first-order valence-electron chi connectivity index (χ1n) is 12.2. The number of rotatable bonds is 8. The van der Waals surface area contributed by atoms with E-state index in [4.69, 9.17) is 12.2 Å². The number of allylic oxidation sites excluding steroid dienone is 2. The zero-order chi connectivity index (χ0) is 24.1. The van der Waals surface area contributed by atoms with E-state index in [1.54, 1.807) is 0 Å². The Morgan fingerprint density at radius 1 is 1.06 bits per heavy atom. The van der Waals surface area contributed by atoms with Gasteiger partial charge in [-0.3, -0.25) is 9.59 Å². The summed E-state index contributed by atoms with van der Waals surface area (Å²) >= 11 is 5.39. The number of fused-ring (bicyclic) bond motifs is 1. The lowest BCUT2D eigenvalue weighted by molar-refractivity contribution is -0.946. The van der Waals surface area contributed by atoms with Crippen LogP contribution in [0.5, 0.6) is 0 Å². The summed E-state index contributed by atoms with van der Waals surface area (Å²) in [6.07, 6.45) is 9.80. The summed E-state index contributed by atoms with van der Waals surface area (Å²) in [5.41, 5.74) is 5.03. The summed E-state index contributed by atoms with van der Waals surface area (Å²) in [5, 5.41) is 5.11. The maximum Gasteiger partial charge on any atom is 0.287 e. The maximum absolute atomic E-state index is 13.5. The third-order valence-corrected chi connectivity index (χ3v) is 6.88. The summed E-state index contributed by atoms with van der Waals surface area (Å²) < 4.78 is 0.512. The number of carbonyl (C=O) groups excluding carboxylic acids is 2. The first-order chi connectivity index (χ1) is 16.3. The number of quaternary nitrogens is 1. The molecule has 0 aromatic heterocycles. The van der Waals surface area contributed by atoms with Crippen LogP contribution in [-0.2, 0) is 4.79 Å². The van der Waals surface area contributed by atoms with Crippen molar-refractivity contribution in [1.82, 2.24) is 10.7 Å². The maximum atomic E-state index is 13.5. The second kappa shape index (κ2) is 10.6. The van der Waals surface area contributed by atoms with Crippen LogP contribution in [0.25, 0.3) is 10.8 Å². The molecule has 178 valence electrons. The van der Waals surface area contributed by atoms with Crippen LogP contribution in [0.1, 0.15) is 49.9 Å². The molecule has 6 heteroatoms. The second-order valence-corrected chi connectivity index (χ2v) is 10.5. The van der Waals surface area contributed by atoms with Crippen molar-refractivity contribution in [2.24, 2.45) is 5.92 Å². The molecule has 4 rings (SSSR count). The third kappa shape index (κ3) is 5.99. The highest BCUT2D eigenvalue weighted by Gasteiger charge is 2.37. The summed E-state index contributed by atoms with van der Waals surface area (Å²) in [6.45, 7) is 6.63. The highest BCUT2D eigenvalue weighted by atomic mass is 32.1. The van der Waals surface area contributed by atoms with Crippen LogP contribution in [-0.4, -0.2) is 46.9 Å². The van der Waals surface area contributed by atoms with E-state index in [0.29, 0.717) is 16.6 Å². The number of benzene rings is 2. The van der Waals surface area contributed by atoms with Crippen LogP contribution in [0.2, 0.25) is 0 Å². The average Bonchev–Trinajstić information content (AvgIpc) is 3.25. The van der Waals surface area contributed by atoms with Gasteiger partial charge in [-0.2, -0.15) is 5.43 Å². The van der Waals surface area contributed by atoms with Gasteiger partial charge in [-0.15, -0.1) is 0 Å². The van der Waals surface area contributed by atoms with Gasteiger partial charge in [-0.1, -0.05) is 68.5 Å². The van der Waals surface area contributed by atoms with Crippen molar-refractivity contribution in [3.05, 3.63) is 71.8 Å². The molecule has 0 radical (unpaired) electrons. The van der Waals surface area contributed by atoms with Crippen molar-refractivity contribution in [2.75, 3.05) is 19.6 Å². The normalized spacial score (nSPS) is 18.1. The Balaban J connectivity index is 1.50. The summed E-state index contributed by atoms with van der Waals surface area (Å²) in [6, 6.07) is 13.0. The Morgan fingerprint density at radius 3 is 2.50 bits per heavy atom. The van der Waals surface area contributed by atoms with Crippen LogP contribution in [0.4, 0.5) is 0 Å². The molecule has 0 bridgehead atoms. The van der Waals surface area contributed by atoms with Gasteiger partial charge in [-0.05, 0) is 41.3 Å². The zero-order valence-corrected chi connectivity index (χ0v) is 20.9. The Morgan fingerprint density at radius 2 is 1.79 bits per heavy atom. The largest absolute Gasteiger partial charge is 0.340 e. The smallest absolute Gasteiger partial charge is 0.287 e. The van der Waals surface area contributed by atoms with E-state index < -0.39 is 6.04 Å². The van der Waals surface area contributed by atoms with E-state index >= 15 is 0 Å². The molecule has 2 aromatic rings. The van der Waals surface area contributed by atoms with Crippen molar-refractivity contribution in [2.45, 2.75) is 45.6 Å². The minimum Gasteiger partial charge on any atom is -0.340 e. The number of hydrogen-bond donors (Lipinski definition) is 2. The van der Waals surface area contributed by atoms with Crippen molar-refractivity contribution < 1.29 is 14.2 Å². The van der Waals surface area contributed by atoms with Crippen molar-refractivity contribution in [3.63, 3.8) is 0 Å². The molecule has 2 aromatic carbocycles. The van der Waals surface area contributed by atoms with E-state index in [2.05, 4.69) is 42.8 Å². The summed E-state index contributed by atoms with van der Waals surface area (Å²) in [4.78, 5) is 27.6. The molecule has 1 aliphatic carbocycles. The van der Waals surface area contributed by atoms with Gasteiger partial charge < -0.3 is 5.32 Å². The summed E-state index contributed by atoms with van der Waals surface area (Å²) in [5.74, 6) is -0.0726. The molecule has 1 heterocycles. The molecule has 34 heavy (non-hydrogen) atoms. The van der Waals surface area contributed by atoms with E-state index in [1.165, 1.54) is 0 Å². The van der Waals surface area contributed by atoms with Crippen LogP contribution >= 0.6 is 12.2 Å². The third-order valence-electron chi connectivity index (χ3n) is 6.59. The molecule has 0 unspecified atom stereocenters. The minimum absolute atomic E-state index is 0.118. The molecule has 1 aliphatic heterocycles. The first-order valence-corrected chi connectivity index (χ1v) is 12.6. The van der Waals surface area contributed by atoms with Gasteiger partial charge in [0.15, 0.2) is 0 Å². The van der Waals surface area contributed by atoms with Crippen molar-refractivity contribution in [3.8, 4) is 0 Å². The van der Waals surface area contributed by atoms with Gasteiger partial charge in [0.25, 0.3) is 11.8 Å². The highest BCUT2D eigenvalue weighted by Crippen LogP contribution is 2.22. The Labute approximate surface area is 207 Å². The van der Waals surface area contributed by atoms with Gasteiger partial charge in [0.1, 0.15) is 25.7 Å². The lowest BCUT2D eigenvalue weighted by Gasteiger charge is -2.35. The van der Waals surface area contributed by atoms with E-state index in [0.717, 1.165) is 60.1 Å². The van der Waals surface area contributed by atoms with Gasteiger partial charge in [-0.25, -0.2) is 4.59 Å². The van der Waals surface area contributed by atoms with Gasteiger partial charge in [0.05, 0.1) is 0 Å². The van der Waals surface area contributed by atoms with Crippen LogP contribution in [0, 0.1) is 5.92 Å². The predicted octanol–water partition coefficient (Wildman–Crippen LogP) is 4.88. The highest BCUT2D eigenvalue weighted by molar-refractivity contribution is 7.80. The first kappa shape index (κ1) is 24.3. The zero-order valence-electron chi connectivity index (χ0n) is 20.0. The van der Waals surface area contributed by atoms with Crippen LogP contribution in [0.3, 0.4) is 0 Å². The molecule has 2 aliphatic rings. The number of likely N-dealkylation sites (tertiary alicyclic amines) is 1. The molecule has 2 amide bonds. The quantitative estimate of drug-likeness (QED) is 0.422. The molecule has 1 fully saturated rings. The molecular formula is C28H34N3O2S+. The van der Waals surface area contributed by atoms with Gasteiger partial charge in [0, 0.05) is 35.3 Å². The van der Waals surface area contributed by atoms with Crippen LogP contribution < -0.4 is 10.7 Å². The Kier molecular flexibility index (Phi) is 7.59. The minimum atomic E-state index is -0.591. The van der Waals surface area contributed by atoms with Crippen molar-refractivity contribution in [1.29, 1.82) is 0 Å². The molecule has 0 saturated carbocycles. The standard InChI is InChI=1S/C28H33N3O2S/c1-20(2)16-26(29-27(32)24-13-12-22-9-3-4-10-23(22)18-24)28(33)30-31(14-5-6-15-31)19-21-8-7-11-25(34)17-21/h3-4,7-10,12-13,17-18,20,26H,5-6,11,14-16,19H2,1-2H3,(H-,29,30,32,33)/p+1/t26-/m0/s1. The van der Waals surface area contributed by atoms with E-state index in [-0.39, 0.29) is 17.7 Å².